The van der Waals surface area contributed by atoms with Gasteiger partial charge in [0.25, 0.3) is 0 Å². The lowest BCUT2D eigenvalue weighted by Crippen LogP contribution is -2.05. The van der Waals surface area contributed by atoms with Gasteiger partial charge >= 0.3 is 0 Å². The largest absolute Gasteiger partial charge is 0.316 e. The summed E-state index contributed by atoms with van der Waals surface area (Å²) < 4.78 is 0. The smallest absolute Gasteiger partial charge is 0.0345 e. The van der Waals surface area contributed by atoms with Crippen LogP contribution in [0.5, 0.6) is 0 Å². The van der Waals surface area contributed by atoms with Crippen LogP contribution in [0.2, 0.25) is 0 Å². The first-order chi connectivity index (χ1) is 7.31. The molecule has 1 aromatic carbocycles. The van der Waals surface area contributed by atoms with E-state index in [4.69, 9.17) is 0 Å². The molecule has 1 aromatic heterocycles. The zero-order chi connectivity index (χ0) is 10.7. The zero-order valence-corrected chi connectivity index (χ0v) is 9.90. The SMILES string of the molecule is CNCc1ccc(C)c(-c2cccs2)c1. The summed E-state index contributed by atoms with van der Waals surface area (Å²) >= 11 is 1.80. The topological polar surface area (TPSA) is 12.0 Å². The van der Waals surface area contributed by atoms with Crippen molar-refractivity contribution in [3.8, 4) is 10.4 Å². The molecule has 1 N–H and O–H groups in total. The summed E-state index contributed by atoms with van der Waals surface area (Å²) in [7, 11) is 1.98. The Morgan fingerprint density at radius 3 is 2.80 bits per heavy atom. The third-order valence-electron chi connectivity index (χ3n) is 2.47. The molecule has 2 rings (SSSR count). The number of nitrogens with one attached hydrogen (secondary N) is 1. The van der Waals surface area contributed by atoms with Crippen LogP contribution in [0.3, 0.4) is 0 Å². The van der Waals surface area contributed by atoms with Crippen molar-refractivity contribution in [2.24, 2.45) is 0 Å². The molecule has 2 heteroatoms. The van der Waals surface area contributed by atoms with Crippen molar-refractivity contribution in [1.82, 2.24) is 5.32 Å². The van der Waals surface area contributed by atoms with Crippen molar-refractivity contribution in [2.75, 3.05) is 7.05 Å². The Kier molecular flexibility index (Phi) is 3.19. The highest BCUT2D eigenvalue weighted by Gasteiger charge is 2.03. The van der Waals surface area contributed by atoms with Gasteiger partial charge in [-0.1, -0.05) is 18.2 Å². The van der Waals surface area contributed by atoms with Crippen molar-refractivity contribution in [2.45, 2.75) is 13.5 Å². The minimum Gasteiger partial charge on any atom is -0.316 e. The fourth-order valence-electron chi connectivity index (χ4n) is 1.68. The molecule has 0 aliphatic rings. The fraction of sp³-hybridized carbons (Fsp3) is 0.231. The van der Waals surface area contributed by atoms with Crippen molar-refractivity contribution < 1.29 is 0 Å². The summed E-state index contributed by atoms with van der Waals surface area (Å²) in [6.07, 6.45) is 0. The molecule has 0 radical (unpaired) electrons. The molecule has 0 spiro atoms. The molecule has 0 aliphatic carbocycles. The van der Waals surface area contributed by atoms with E-state index in [1.807, 2.05) is 7.05 Å². The normalized spacial score (nSPS) is 10.5. The molecule has 0 atom stereocenters. The summed E-state index contributed by atoms with van der Waals surface area (Å²) in [5, 5.41) is 5.30. The van der Waals surface area contributed by atoms with Crippen molar-refractivity contribution >= 4 is 11.3 Å². The summed E-state index contributed by atoms with van der Waals surface area (Å²) in [6, 6.07) is 10.9. The summed E-state index contributed by atoms with van der Waals surface area (Å²) in [6.45, 7) is 3.09. The van der Waals surface area contributed by atoms with Gasteiger partial charge in [-0.15, -0.1) is 11.3 Å². The van der Waals surface area contributed by atoms with Gasteiger partial charge < -0.3 is 5.32 Å². The van der Waals surface area contributed by atoms with Crippen LogP contribution in [-0.2, 0) is 6.54 Å². The maximum absolute atomic E-state index is 3.18. The number of thiophene rings is 1. The predicted molar refractivity (Wildman–Crippen MR) is 67.3 cm³/mol. The maximum atomic E-state index is 3.18. The Hall–Kier alpha value is -1.12. The highest BCUT2D eigenvalue weighted by atomic mass is 32.1. The van der Waals surface area contributed by atoms with Gasteiger partial charge in [0.1, 0.15) is 0 Å². The second-order valence-electron chi connectivity index (χ2n) is 3.66. The minimum atomic E-state index is 0.929. The highest BCUT2D eigenvalue weighted by molar-refractivity contribution is 7.13. The Labute approximate surface area is 94.8 Å². The van der Waals surface area contributed by atoms with Crippen LogP contribution in [0.25, 0.3) is 10.4 Å². The molecule has 0 saturated carbocycles. The second kappa shape index (κ2) is 4.60. The molecule has 78 valence electrons. The molecule has 15 heavy (non-hydrogen) atoms. The Morgan fingerprint density at radius 1 is 1.27 bits per heavy atom. The molecule has 0 saturated heterocycles. The molecule has 1 nitrogen and oxygen atoms in total. The molecular weight excluding hydrogens is 202 g/mol. The van der Waals surface area contributed by atoms with Gasteiger partial charge in [-0.25, -0.2) is 0 Å². The van der Waals surface area contributed by atoms with E-state index in [9.17, 15) is 0 Å². The van der Waals surface area contributed by atoms with Crippen LogP contribution in [0, 0.1) is 6.92 Å². The molecule has 0 unspecified atom stereocenters. The van der Waals surface area contributed by atoms with Gasteiger partial charge in [-0.05, 0) is 48.2 Å². The highest BCUT2D eigenvalue weighted by Crippen LogP contribution is 2.28. The first kappa shape index (κ1) is 10.4. The Morgan fingerprint density at radius 2 is 2.13 bits per heavy atom. The van der Waals surface area contributed by atoms with Crippen molar-refractivity contribution in [1.29, 1.82) is 0 Å². The summed E-state index contributed by atoms with van der Waals surface area (Å²) in [5.41, 5.74) is 4.04. The first-order valence-corrected chi connectivity index (χ1v) is 5.97. The van der Waals surface area contributed by atoms with Crippen molar-refractivity contribution in [3.63, 3.8) is 0 Å². The van der Waals surface area contributed by atoms with E-state index in [0.29, 0.717) is 0 Å². The Bertz CT molecular complexity index is 432. The van der Waals surface area contributed by atoms with Crippen LogP contribution in [0.4, 0.5) is 0 Å². The van der Waals surface area contributed by atoms with E-state index in [0.717, 1.165) is 6.54 Å². The Balaban J connectivity index is 2.41. The summed E-state index contributed by atoms with van der Waals surface area (Å²) in [5.74, 6) is 0. The minimum absolute atomic E-state index is 0.929. The van der Waals surface area contributed by atoms with Crippen LogP contribution < -0.4 is 5.32 Å². The van der Waals surface area contributed by atoms with Crippen molar-refractivity contribution in [3.05, 3.63) is 46.8 Å². The zero-order valence-electron chi connectivity index (χ0n) is 9.08. The number of aryl methyl sites for hydroxylation is 1. The fourth-order valence-corrected chi connectivity index (χ4v) is 2.49. The standard InChI is InChI=1S/C13H15NS/c1-10-5-6-11(9-14-2)8-12(10)13-4-3-7-15-13/h3-8,14H,9H2,1-2H3. The first-order valence-electron chi connectivity index (χ1n) is 5.09. The van der Waals surface area contributed by atoms with Crippen LogP contribution in [-0.4, -0.2) is 7.05 Å². The molecule has 0 amide bonds. The lowest BCUT2D eigenvalue weighted by molar-refractivity contribution is 0.818. The van der Waals surface area contributed by atoms with E-state index >= 15 is 0 Å². The lowest BCUT2D eigenvalue weighted by atomic mass is 10.0. The predicted octanol–water partition coefficient (Wildman–Crippen LogP) is 3.44. The van der Waals surface area contributed by atoms with Gasteiger partial charge in [-0.3, -0.25) is 0 Å². The molecule has 0 fully saturated rings. The number of hydrogen-bond donors (Lipinski definition) is 1. The van der Waals surface area contributed by atoms with Gasteiger partial charge in [0, 0.05) is 11.4 Å². The van der Waals surface area contributed by atoms with Crippen LogP contribution >= 0.6 is 11.3 Å². The molecular formula is C13H15NS. The number of rotatable bonds is 3. The van der Waals surface area contributed by atoms with Gasteiger partial charge in [0.2, 0.25) is 0 Å². The quantitative estimate of drug-likeness (QED) is 0.830. The van der Waals surface area contributed by atoms with E-state index in [1.165, 1.54) is 21.6 Å². The third kappa shape index (κ3) is 2.28. The average Bonchev–Trinajstić information content (AvgIpc) is 2.74. The second-order valence-corrected chi connectivity index (χ2v) is 4.60. The third-order valence-corrected chi connectivity index (χ3v) is 3.37. The lowest BCUT2D eigenvalue weighted by Gasteiger charge is -2.06. The van der Waals surface area contributed by atoms with Gasteiger partial charge in [0.05, 0.1) is 0 Å². The van der Waals surface area contributed by atoms with E-state index < -0.39 is 0 Å². The molecule has 0 aliphatic heterocycles. The van der Waals surface area contributed by atoms with E-state index in [1.54, 1.807) is 11.3 Å². The van der Waals surface area contributed by atoms with Crippen LogP contribution in [0.15, 0.2) is 35.7 Å². The number of benzene rings is 1. The maximum Gasteiger partial charge on any atom is 0.0345 e. The van der Waals surface area contributed by atoms with Gasteiger partial charge in [0.15, 0.2) is 0 Å². The monoisotopic (exact) mass is 217 g/mol. The molecule has 1 heterocycles. The van der Waals surface area contributed by atoms with Gasteiger partial charge in [-0.2, -0.15) is 0 Å². The van der Waals surface area contributed by atoms with E-state index in [2.05, 4.69) is 48.0 Å². The molecule has 0 bridgehead atoms. The van der Waals surface area contributed by atoms with E-state index in [-0.39, 0.29) is 0 Å². The summed E-state index contributed by atoms with van der Waals surface area (Å²) in [4.78, 5) is 1.35. The molecule has 2 aromatic rings. The van der Waals surface area contributed by atoms with Crippen LogP contribution in [0.1, 0.15) is 11.1 Å². The number of hydrogen-bond acceptors (Lipinski definition) is 2. The average molecular weight is 217 g/mol.